The molecular weight excluding hydrogens is 340 g/mol. The Bertz CT molecular complexity index is 959. The molecule has 0 saturated carbocycles. The van der Waals surface area contributed by atoms with Crippen molar-refractivity contribution in [2.75, 3.05) is 0 Å². The molecule has 0 radical (unpaired) electrons. The van der Waals surface area contributed by atoms with Crippen LogP contribution in [0.2, 0.25) is 0 Å². The SMILES string of the molecule is O=C(O)C12C=C(c3ccccc3)C(C(=O)O)(C=C1Cl)c1ccc2cc1. The molecule has 0 aliphatic heterocycles. The summed E-state index contributed by atoms with van der Waals surface area (Å²) >= 11 is 6.39. The number of hydrogen-bond acceptors (Lipinski definition) is 2. The summed E-state index contributed by atoms with van der Waals surface area (Å²) in [6, 6.07) is 15.5. The molecule has 2 aromatic carbocycles. The van der Waals surface area contributed by atoms with E-state index in [0.717, 1.165) is 0 Å². The molecule has 2 atom stereocenters. The highest BCUT2D eigenvalue weighted by Gasteiger charge is 2.55. The zero-order valence-electron chi connectivity index (χ0n) is 12.9. The number of rotatable bonds is 3. The van der Waals surface area contributed by atoms with Gasteiger partial charge in [0.05, 0.1) is 0 Å². The fraction of sp³-hybridized carbons (Fsp3) is 0.100. The Morgan fingerprint density at radius 3 is 1.80 bits per heavy atom. The molecule has 5 heteroatoms. The van der Waals surface area contributed by atoms with Crippen LogP contribution in [0.5, 0.6) is 0 Å². The monoisotopic (exact) mass is 352 g/mol. The van der Waals surface area contributed by atoms with Crippen LogP contribution in [-0.2, 0) is 20.4 Å². The van der Waals surface area contributed by atoms with Crippen LogP contribution in [0.4, 0.5) is 0 Å². The van der Waals surface area contributed by atoms with Crippen LogP contribution in [0, 0.1) is 0 Å². The van der Waals surface area contributed by atoms with Gasteiger partial charge in [-0.1, -0.05) is 72.3 Å². The van der Waals surface area contributed by atoms with Gasteiger partial charge in [0, 0.05) is 5.03 Å². The van der Waals surface area contributed by atoms with Crippen LogP contribution < -0.4 is 0 Å². The molecule has 0 aromatic heterocycles. The molecular formula is C20H13ClO4. The van der Waals surface area contributed by atoms with Gasteiger partial charge in [0.15, 0.2) is 0 Å². The smallest absolute Gasteiger partial charge is 0.323 e. The number of hydrogen-bond donors (Lipinski definition) is 2. The number of halogens is 1. The van der Waals surface area contributed by atoms with Gasteiger partial charge in [0.25, 0.3) is 0 Å². The van der Waals surface area contributed by atoms with E-state index in [1.165, 1.54) is 12.2 Å². The minimum absolute atomic E-state index is 0.0109. The number of carbonyl (C=O) groups is 2. The van der Waals surface area contributed by atoms with Gasteiger partial charge in [0.2, 0.25) is 0 Å². The van der Waals surface area contributed by atoms with Crippen LogP contribution in [0.3, 0.4) is 0 Å². The average Bonchev–Trinajstić information content (AvgIpc) is 2.59. The van der Waals surface area contributed by atoms with Gasteiger partial charge in [-0.15, -0.1) is 0 Å². The topological polar surface area (TPSA) is 74.6 Å². The van der Waals surface area contributed by atoms with Crippen molar-refractivity contribution in [1.82, 2.24) is 0 Å². The summed E-state index contributed by atoms with van der Waals surface area (Å²) in [5.74, 6) is -2.25. The summed E-state index contributed by atoms with van der Waals surface area (Å²) in [6.07, 6.45) is 2.86. The first-order valence-corrected chi connectivity index (χ1v) is 8.06. The molecule has 0 fully saturated rings. The van der Waals surface area contributed by atoms with Gasteiger partial charge in [-0.3, -0.25) is 9.59 Å². The van der Waals surface area contributed by atoms with Crippen molar-refractivity contribution in [3.8, 4) is 0 Å². The number of carboxylic acids is 2. The summed E-state index contributed by atoms with van der Waals surface area (Å²) < 4.78 is 0. The van der Waals surface area contributed by atoms with E-state index in [1.807, 2.05) is 6.07 Å². The van der Waals surface area contributed by atoms with Gasteiger partial charge < -0.3 is 10.2 Å². The Morgan fingerprint density at radius 1 is 0.760 bits per heavy atom. The lowest BCUT2D eigenvalue weighted by Gasteiger charge is -2.42. The molecule has 2 unspecified atom stereocenters. The van der Waals surface area contributed by atoms with E-state index in [2.05, 4.69) is 0 Å². The molecule has 0 heterocycles. The second-order valence-corrected chi connectivity index (χ2v) is 6.63. The number of benzene rings is 2. The highest BCUT2D eigenvalue weighted by atomic mass is 35.5. The summed E-state index contributed by atoms with van der Waals surface area (Å²) in [7, 11) is 0. The zero-order valence-corrected chi connectivity index (χ0v) is 13.7. The molecule has 2 aromatic rings. The van der Waals surface area contributed by atoms with Gasteiger partial charge in [-0.25, -0.2) is 0 Å². The first kappa shape index (κ1) is 15.7. The quantitative estimate of drug-likeness (QED) is 0.885. The lowest BCUT2D eigenvalue weighted by molar-refractivity contribution is -0.142. The first-order valence-electron chi connectivity index (χ1n) is 7.68. The van der Waals surface area contributed by atoms with Gasteiger partial charge >= 0.3 is 11.9 Å². The van der Waals surface area contributed by atoms with Gasteiger partial charge in [0.1, 0.15) is 10.8 Å². The van der Waals surface area contributed by atoms with Crippen molar-refractivity contribution in [3.63, 3.8) is 0 Å². The molecule has 5 aliphatic rings. The van der Waals surface area contributed by atoms with E-state index in [9.17, 15) is 19.8 Å². The largest absolute Gasteiger partial charge is 0.480 e. The summed E-state index contributed by atoms with van der Waals surface area (Å²) in [5, 5.41) is 20.1. The Kier molecular flexibility index (Phi) is 3.18. The van der Waals surface area contributed by atoms with Gasteiger partial charge in [-0.05, 0) is 28.3 Å². The van der Waals surface area contributed by atoms with Crippen LogP contribution in [0.1, 0.15) is 16.7 Å². The predicted molar refractivity (Wildman–Crippen MR) is 93.4 cm³/mol. The molecule has 124 valence electrons. The summed E-state index contributed by atoms with van der Waals surface area (Å²) in [5.41, 5.74) is -1.03. The van der Waals surface area contributed by atoms with Crippen molar-refractivity contribution in [2.24, 2.45) is 0 Å². The zero-order chi connectivity index (χ0) is 17.8. The van der Waals surface area contributed by atoms with E-state index in [4.69, 9.17) is 11.6 Å². The average molecular weight is 353 g/mol. The standard InChI is InChI=1S/C20H13ClO4/c21-16-11-19(17(22)23)13-6-8-14(9-7-13)20(16,18(24)25)10-15(19)12-4-2-1-3-5-12/h1-11H,(H,22,23)(H,24,25). The lowest BCUT2D eigenvalue weighted by atomic mass is 9.60. The molecule has 0 saturated heterocycles. The van der Waals surface area contributed by atoms with Crippen molar-refractivity contribution in [1.29, 1.82) is 0 Å². The minimum atomic E-state index is -1.59. The second-order valence-electron chi connectivity index (χ2n) is 6.22. The third kappa shape index (κ3) is 1.83. The normalized spacial score (nSPS) is 26.4. The van der Waals surface area contributed by atoms with E-state index in [1.54, 1.807) is 48.5 Å². The van der Waals surface area contributed by atoms with E-state index < -0.39 is 22.8 Å². The lowest BCUT2D eigenvalue weighted by Crippen LogP contribution is -2.46. The summed E-state index contributed by atoms with van der Waals surface area (Å²) in [4.78, 5) is 24.6. The van der Waals surface area contributed by atoms with E-state index >= 15 is 0 Å². The van der Waals surface area contributed by atoms with Crippen molar-refractivity contribution < 1.29 is 19.8 Å². The summed E-state index contributed by atoms with van der Waals surface area (Å²) in [6.45, 7) is 0. The van der Waals surface area contributed by atoms with Crippen LogP contribution in [0.25, 0.3) is 5.57 Å². The van der Waals surface area contributed by atoms with Crippen LogP contribution >= 0.6 is 11.6 Å². The number of carboxylic acid groups (broad SMARTS) is 2. The van der Waals surface area contributed by atoms with Crippen LogP contribution in [0.15, 0.2) is 71.8 Å². The maximum atomic E-state index is 12.4. The van der Waals surface area contributed by atoms with E-state index in [-0.39, 0.29) is 5.03 Å². The van der Waals surface area contributed by atoms with Gasteiger partial charge in [-0.2, -0.15) is 0 Å². The van der Waals surface area contributed by atoms with Crippen molar-refractivity contribution >= 4 is 29.1 Å². The Hall–Kier alpha value is -2.85. The fourth-order valence-electron chi connectivity index (χ4n) is 3.75. The minimum Gasteiger partial charge on any atom is -0.480 e. The first-order chi connectivity index (χ1) is 11.9. The molecule has 2 N–H and O–H groups in total. The van der Waals surface area contributed by atoms with Crippen LogP contribution in [-0.4, -0.2) is 22.2 Å². The second kappa shape index (κ2) is 5.07. The molecule has 25 heavy (non-hydrogen) atoms. The van der Waals surface area contributed by atoms with E-state index in [0.29, 0.717) is 22.3 Å². The number of aliphatic carboxylic acids is 2. The Labute approximate surface area is 148 Å². The van der Waals surface area contributed by atoms with Crippen molar-refractivity contribution in [3.05, 3.63) is 88.5 Å². The highest BCUT2D eigenvalue weighted by molar-refractivity contribution is 6.34. The third-order valence-corrected chi connectivity index (χ3v) is 5.47. The maximum Gasteiger partial charge on any atom is 0.323 e. The molecule has 0 amide bonds. The molecule has 7 rings (SSSR count). The molecule has 4 nitrogen and oxygen atoms in total. The fourth-order valence-corrected chi connectivity index (χ4v) is 4.16. The predicted octanol–water partition coefficient (Wildman–Crippen LogP) is 3.56. The Morgan fingerprint density at radius 2 is 1.28 bits per heavy atom. The molecule has 4 bridgehead atoms. The Balaban J connectivity index is 2.18. The molecule has 5 aliphatic carbocycles. The molecule has 0 spiro atoms. The highest BCUT2D eigenvalue weighted by Crippen LogP contribution is 2.54. The maximum absolute atomic E-state index is 12.4. The van der Waals surface area contributed by atoms with Crippen molar-refractivity contribution in [2.45, 2.75) is 10.8 Å². The third-order valence-electron chi connectivity index (χ3n) is 5.06.